The second-order valence-electron chi connectivity index (χ2n) is 4.68. The van der Waals surface area contributed by atoms with Crippen molar-refractivity contribution in [1.29, 1.82) is 0 Å². The van der Waals surface area contributed by atoms with Gasteiger partial charge in [0, 0.05) is 22.8 Å². The lowest BCUT2D eigenvalue weighted by Gasteiger charge is -2.00. The van der Waals surface area contributed by atoms with E-state index < -0.39 is 5.69 Å². The van der Waals surface area contributed by atoms with Crippen molar-refractivity contribution in [2.75, 3.05) is 0 Å². The van der Waals surface area contributed by atoms with Crippen LogP contribution >= 0.6 is 15.9 Å². The van der Waals surface area contributed by atoms with Crippen LogP contribution in [0.3, 0.4) is 0 Å². The lowest BCUT2D eigenvalue weighted by atomic mass is 10.2. The van der Waals surface area contributed by atoms with E-state index in [0.717, 1.165) is 17.3 Å². The second-order valence-corrected chi connectivity index (χ2v) is 5.60. The summed E-state index contributed by atoms with van der Waals surface area (Å²) in [5, 5.41) is 0. The first-order chi connectivity index (χ1) is 9.47. The molecule has 0 aliphatic rings. The molecule has 106 valence electrons. The second kappa shape index (κ2) is 5.75. The Hall–Kier alpha value is -1.69. The van der Waals surface area contributed by atoms with Gasteiger partial charge in [-0.15, -0.1) is 0 Å². The number of nitrogens with zero attached hydrogens (tertiary/aromatic N) is 3. The third-order valence-electron chi connectivity index (χ3n) is 3.02. The van der Waals surface area contributed by atoms with Gasteiger partial charge in [-0.3, -0.25) is 4.79 Å². The van der Waals surface area contributed by atoms with E-state index in [2.05, 4.69) is 27.5 Å². The molecule has 0 aliphatic heterocycles. The smallest absolute Gasteiger partial charge is 0.274 e. The molecule has 0 saturated carbocycles. The molecule has 0 aliphatic carbocycles. The number of allylic oxidation sites excluding steroid dienone is 1. The average molecular weight is 338 g/mol. The SMILES string of the molecule is C=C(C)n1c(=O)n(C(=O)CCCC)c2cc(Br)cnc21. The standard InChI is InChI=1S/C14H16BrN3O2/c1-4-5-6-12(19)18-11-7-10(15)8-16-13(11)17(9(2)3)14(18)20/h7-8H,2,4-6H2,1,3H3. The summed E-state index contributed by atoms with van der Waals surface area (Å²) in [5.41, 5.74) is 1.10. The lowest BCUT2D eigenvalue weighted by Crippen LogP contribution is -2.28. The van der Waals surface area contributed by atoms with Crippen LogP contribution in [-0.2, 0) is 0 Å². The van der Waals surface area contributed by atoms with Crippen LogP contribution < -0.4 is 5.69 Å². The molecule has 2 heterocycles. The van der Waals surface area contributed by atoms with Gasteiger partial charge in [0.15, 0.2) is 5.65 Å². The summed E-state index contributed by atoms with van der Waals surface area (Å²) in [7, 11) is 0. The third kappa shape index (κ3) is 2.47. The highest BCUT2D eigenvalue weighted by atomic mass is 79.9. The number of aromatic nitrogens is 3. The van der Waals surface area contributed by atoms with Crippen molar-refractivity contribution in [1.82, 2.24) is 14.1 Å². The summed E-state index contributed by atoms with van der Waals surface area (Å²) < 4.78 is 3.28. The largest absolute Gasteiger partial charge is 0.341 e. The first-order valence-electron chi connectivity index (χ1n) is 6.45. The molecule has 20 heavy (non-hydrogen) atoms. The van der Waals surface area contributed by atoms with E-state index in [1.165, 1.54) is 9.13 Å². The maximum Gasteiger partial charge on any atom is 0.341 e. The van der Waals surface area contributed by atoms with Crippen LogP contribution in [0, 0.1) is 0 Å². The molecule has 0 bridgehead atoms. The average Bonchev–Trinajstić information content (AvgIpc) is 2.67. The number of imidazole rings is 1. The zero-order valence-electron chi connectivity index (χ0n) is 11.5. The first kappa shape index (κ1) is 14.7. The fraction of sp³-hybridized carbons (Fsp3) is 0.357. The van der Waals surface area contributed by atoms with Gasteiger partial charge >= 0.3 is 5.69 Å². The van der Waals surface area contributed by atoms with E-state index in [0.29, 0.717) is 23.3 Å². The van der Waals surface area contributed by atoms with Crippen LogP contribution in [0.4, 0.5) is 0 Å². The number of pyridine rings is 1. The molecule has 0 aromatic carbocycles. The molecule has 5 nitrogen and oxygen atoms in total. The fourth-order valence-corrected chi connectivity index (χ4v) is 2.40. The highest BCUT2D eigenvalue weighted by Crippen LogP contribution is 2.19. The number of carbonyl (C=O) groups excluding carboxylic acids is 1. The van der Waals surface area contributed by atoms with Crippen molar-refractivity contribution >= 4 is 38.7 Å². The fourth-order valence-electron chi connectivity index (χ4n) is 2.08. The molecule has 2 rings (SSSR count). The van der Waals surface area contributed by atoms with Gasteiger partial charge in [0.1, 0.15) is 0 Å². The Morgan fingerprint density at radius 3 is 2.75 bits per heavy atom. The van der Waals surface area contributed by atoms with Crippen molar-refractivity contribution in [3.63, 3.8) is 0 Å². The molecule has 0 atom stereocenters. The quantitative estimate of drug-likeness (QED) is 0.860. The zero-order chi connectivity index (χ0) is 14.9. The zero-order valence-corrected chi connectivity index (χ0v) is 13.1. The highest BCUT2D eigenvalue weighted by Gasteiger charge is 2.19. The third-order valence-corrected chi connectivity index (χ3v) is 3.46. The monoisotopic (exact) mass is 337 g/mol. The van der Waals surface area contributed by atoms with Crippen LogP contribution in [0.15, 0.2) is 28.1 Å². The van der Waals surface area contributed by atoms with E-state index in [1.54, 1.807) is 19.2 Å². The number of halogens is 1. The summed E-state index contributed by atoms with van der Waals surface area (Å²) in [6.45, 7) is 7.50. The van der Waals surface area contributed by atoms with Crippen LogP contribution in [0.1, 0.15) is 37.9 Å². The minimum atomic E-state index is -0.404. The molecule has 2 aromatic rings. The molecule has 0 saturated heterocycles. The van der Waals surface area contributed by atoms with E-state index >= 15 is 0 Å². The molecular formula is C14H16BrN3O2. The number of rotatable bonds is 4. The van der Waals surface area contributed by atoms with Crippen molar-refractivity contribution in [3.05, 3.63) is 33.8 Å². The molecule has 2 aromatic heterocycles. The normalized spacial score (nSPS) is 10.9. The van der Waals surface area contributed by atoms with Gasteiger partial charge in [0.25, 0.3) is 0 Å². The Morgan fingerprint density at radius 2 is 2.15 bits per heavy atom. The van der Waals surface area contributed by atoms with Gasteiger partial charge in [0.05, 0.1) is 5.52 Å². The number of hydrogen-bond donors (Lipinski definition) is 0. The van der Waals surface area contributed by atoms with Gasteiger partial charge in [-0.1, -0.05) is 19.9 Å². The Bertz CT molecular complexity index is 743. The Balaban J connectivity index is 2.73. The summed E-state index contributed by atoms with van der Waals surface area (Å²) in [6, 6.07) is 1.73. The molecule has 0 fully saturated rings. The van der Waals surface area contributed by atoms with Crippen molar-refractivity contribution in [2.45, 2.75) is 33.1 Å². The summed E-state index contributed by atoms with van der Waals surface area (Å²) in [4.78, 5) is 28.9. The molecule has 0 radical (unpaired) electrons. The summed E-state index contributed by atoms with van der Waals surface area (Å²) in [6.07, 6.45) is 3.61. The van der Waals surface area contributed by atoms with Gasteiger partial charge < -0.3 is 0 Å². The van der Waals surface area contributed by atoms with Crippen LogP contribution in [0.5, 0.6) is 0 Å². The van der Waals surface area contributed by atoms with E-state index in [9.17, 15) is 9.59 Å². The van der Waals surface area contributed by atoms with Crippen molar-refractivity contribution < 1.29 is 4.79 Å². The van der Waals surface area contributed by atoms with Crippen LogP contribution in [0.2, 0.25) is 0 Å². The summed E-state index contributed by atoms with van der Waals surface area (Å²) >= 11 is 3.32. The maximum absolute atomic E-state index is 12.4. The topological polar surface area (TPSA) is 56.9 Å². The number of carbonyl (C=O) groups is 1. The van der Waals surface area contributed by atoms with E-state index in [4.69, 9.17) is 0 Å². The molecule has 6 heteroatoms. The Kier molecular flexibility index (Phi) is 4.23. The van der Waals surface area contributed by atoms with Crippen LogP contribution in [-0.4, -0.2) is 20.0 Å². The molecule has 0 spiro atoms. The van der Waals surface area contributed by atoms with E-state index in [-0.39, 0.29) is 5.91 Å². The molecule has 0 N–H and O–H groups in total. The van der Waals surface area contributed by atoms with Gasteiger partial charge in [-0.05, 0) is 35.3 Å². The van der Waals surface area contributed by atoms with E-state index in [1.807, 2.05) is 6.92 Å². The molecular weight excluding hydrogens is 322 g/mol. The van der Waals surface area contributed by atoms with Gasteiger partial charge in [-0.2, -0.15) is 0 Å². The van der Waals surface area contributed by atoms with Crippen molar-refractivity contribution in [2.24, 2.45) is 0 Å². The Labute approximate surface area is 125 Å². The Morgan fingerprint density at radius 1 is 1.45 bits per heavy atom. The van der Waals surface area contributed by atoms with Crippen LogP contribution in [0.25, 0.3) is 16.9 Å². The number of hydrogen-bond acceptors (Lipinski definition) is 3. The number of fused-ring (bicyclic) bond motifs is 1. The minimum Gasteiger partial charge on any atom is -0.274 e. The number of unbranched alkanes of at least 4 members (excludes halogenated alkanes) is 1. The molecule has 0 unspecified atom stereocenters. The maximum atomic E-state index is 12.4. The predicted octanol–water partition coefficient (Wildman–Crippen LogP) is 3.28. The lowest BCUT2D eigenvalue weighted by molar-refractivity contribution is 0.0900. The van der Waals surface area contributed by atoms with Gasteiger partial charge in [0.2, 0.25) is 5.91 Å². The van der Waals surface area contributed by atoms with Gasteiger partial charge in [-0.25, -0.2) is 18.9 Å². The summed E-state index contributed by atoms with van der Waals surface area (Å²) in [5.74, 6) is -0.207. The first-order valence-corrected chi connectivity index (χ1v) is 7.24. The minimum absolute atomic E-state index is 0.207. The predicted molar refractivity (Wildman–Crippen MR) is 82.8 cm³/mol. The molecule has 0 amide bonds. The highest BCUT2D eigenvalue weighted by molar-refractivity contribution is 9.10. The van der Waals surface area contributed by atoms with Crippen molar-refractivity contribution in [3.8, 4) is 0 Å².